The average Bonchev–Trinajstić information content (AvgIpc) is 3.05. The highest BCUT2D eigenvalue weighted by Gasteiger charge is 2.18. The second kappa shape index (κ2) is 6.51. The number of nitrogens with zero attached hydrogens (tertiary/aromatic N) is 1. The third-order valence-corrected chi connectivity index (χ3v) is 4.53. The van der Waals surface area contributed by atoms with Crippen LogP contribution in [0.25, 0.3) is 0 Å². The number of hydrogen-bond acceptors (Lipinski definition) is 5. The van der Waals surface area contributed by atoms with Gasteiger partial charge < -0.3 is 14.4 Å². The zero-order valence-electron chi connectivity index (χ0n) is 10.8. The lowest BCUT2D eigenvalue weighted by molar-refractivity contribution is 0.236. The summed E-state index contributed by atoms with van der Waals surface area (Å²) in [5.41, 5.74) is 0. The van der Waals surface area contributed by atoms with Crippen LogP contribution in [-0.2, 0) is 16.6 Å². The van der Waals surface area contributed by atoms with Crippen molar-refractivity contribution in [3.63, 3.8) is 0 Å². The maximum atomic E-state index is 11.9. The third-order valence-electron chi connectivity index (χ3n) is 3.20. The molecule has 19 heavy (non-hydrogen) atoms. The second-order valence-electron chi connectivity index (χ2n) is 4.68. The molecule has 2 rings (SSSR count). The molecule has 0 aromatic carbocycles. The third kappa shape index (κ3) is 4.04. The van der Waals surface area contributed by atoms with E-state index in [1.807, 2.05) is 0 Å². The molecule has 1 aromatic heterocycles. The fourth-order valence-corrected chi connectivity index (χ4v) is 3.19. The van der Waals surface area contributed by atoms with Crippen LogP contribution in [0.1, 0.15) is 25.0 Å². The molecule has 0 unspecified atom stereocenters. The Labute approximate surface area is 113 Å². The van der Waals surface area contributed by atoms with E-state index < -0.39 is 10.0 Å². The molecule has 0 bridgehead atoms. The molecule has 1 aliphatic heterocycles. The Kier molecular flexibility index (Phi) is 4.98. The van der Waals surface area contributed by atoms with Crippen LogP contribution < -0.4 is 4.72 Å². The molecule has 1 aromatic rings. The predicted octanol–water partition coefficient (Wildman–Crippen LogP) is 0.536. The first kappa shape index (κ1) is 14.5. The number of sulfonamides is 1. The number of aliphatic hydroxyl groups excluding tert-OH is 1. The summed E-state index contributed by atoms with van der Waals surface area (Å²) in [7, 11) is -3.59. The van der Waals surface area contributed by atoms with Gasteiger partial charge in [-0.1, -0.05) is 0 Å². The van der Waals surface area contributed by atoms with Crippen molar-refractivity contribution in [3.8, 4) is 0 Å². The Morgan fingerprint density at radius 2 is 2.05 bits per heavy atom. The second-order valence-corrected chi connectivity index (χ2v) is 6.38. The van der Waals surface area contributed by atoms with E-state index in [2.05, 4.69) is 9.62 Å². The molecular weight excluding hydrogens is 268 g/mol. The molecule has 0 atom stereocenters. The molecule has 2 heterocycles. The average molecular weight is 288 g/mol. The van der Waals surface area contributed by atoms with Crippen LogP contribution in [0.3, 0.4) is 0 Å². The molecule has 1 saturated heterocycles. The number of likely N-dealkylation sites (tertiary alicyclic amines) is 1. The first-order chi connectivity index (χ1) is 9.12. The van der Waals surface area contributed by atoms with Gasteiger partial charge >= 0.3 is 0 Å². The van der Waals surface area contributed by atoms with Crippen LogP contribution in [0.15, 0.2) is 21.6 Å². The molecule has 6 nitrogen and oxygen atoms in total. The molecule has 0 radical (unpaired) electrons. The summed E-state index contributed by atoms with van der Waals surface area (Å²) >= 11 is 0. The lowest BCUT2D eigenvalue weighted by atomic mass is 10.4. The van der Waals surface area contributed by atoms with Gasteiger partial charge in [0.15, 0.2) is 0 Å². The molecule has 1 fully saturated rings. The van der Waals surface area contributed by atoms with E-state index in [0.29, 0.717) is 6.54 Å². The zero-order valence-corrected chi connectivity index (χ0v) is 11.7. The Balaban J connectivity index is 1.77. The van der Waals surface area contributed by atoms with Crippen molar-refractivity contribution < 1.29 is 17.9 Å². The van der Waals surface area contributed by atoms with Gasteiger partial charge in [0.2, 0.25) is 5.09 Å². The number of rotatable bonds is 7. The molecule has 0 amide bonds. The summed E-state index contributed by atoms with van der Waals surface area (Å²) in [6.45, 7) is 3.25. The van der Waals surface area contributed by atoms with Crippen LogP contribution in [0.2, 0.25) is 0 Å². The smallest absolute Gasteiger partial charge is 0.273 e. The van der Waals surface area contributed by atoms with Gasteiger partial charge in [-0.15, -0.1) is 0 Å². The van der Waals surface area contributed by atoms with Crippen molar-refractivity contribution in [1.82, 2.24) is 9.62 Å². The van der Waals surface area contributed by atoms with Crippen LogP contribution in [-0.4, -0.2) is 44.6 Å². The minimum absolute atomic E-state index is 0.141. The van der Waals surface area contributed by atoms with Crippen LogP contribution >= 0.6 is 0 Å². The van der Waals surface area contributed by atoms with Gasteiger partial charge in [-0.2, -0.15) is 0 Å². The van der Waals surface area contributed by atoms with Gasteiger partial charge in [-0.3, -0.25) is 0 Å². The number of furan rings is 1. The molecule has 2 N–H and O–H groups in total. The molecule has 0 aliphatic carbocycles. The summed E-state index contributed by atoms with van der Waals surface area (Å²) in [6, 6.07) is 2.81. The fraction of sp³-hybridized carbons (Fsp3) is 0.667. The SMILES string of the molecule is O=S(=O)(NCCCN1CCCC1)c1ccc(CO)o1. The summed E-state index contributed by atoms with van der Waals surface area (Å²) < 4.78 is 31.2. The summed E-state index contributed by atoms with van der Waals surface area (Å²) in [5.74, 6) is 0.248. The molecule has 1 aliphatic rings. The molecule has 0 spiro atoms. The normalized spacial score (nSPS) is 17.1. The Morgan fingerprint density at radius 1 is 1.32 bits per heavy atom. The van der Waals surface area contributed by atoms with Crippen molar-refractivity contribution in [3.05, 3.63) is 17.9 Å². The van der Waals surface area contributed by atoms with Crippen molar-refractivity contribution >= 4 is 10.0 Å². The highest BCUT2D eigenvalue weighted by molar-refractivity contribution is 7.89. The number of hydrogen-bond donors (Lipinski definition) is 2. The largest absolute Gasteiger partial charge is 0.446 e. The fourth-order valence-electron chi connectivity index (χ4n) is 2.17. The van der Waals surface area contributed by atoms with Gasteiger partial charge in [0, 0.05) is 6.54 Å². The van der Waals surface area contributed by atoms with Gasteiger partial charge in [-0.05, 0) is 51.0 Å². The molecule has 108 valence electrons. The Hall–Kier alpha value is -0.890. The summed E-state index contributed by atoms with van der Waals surface area (Å²) in [5, 5.41) is 8.70. The molecule has 7 heteroatoms. The van der Waals surface area contributed by atoms with E-state index in [4.69, 9.17) is 9.52 Å². The zero-order chi connectivity index (χ0) is 13.7. The topological polar surface area (TPSA) is 82.8 Å². The Morgan fingerprint density at radius 3 is 2.68 bits per heavy atom. The summed E-state index contributed by atoms with van der Waals surface area (Å²) in [6.07, 6.45) is 3.26. The van der Waals surface area contributed by atoms with Gasteiger partial charge in [-0.25, -0.2) is 13.1 Å². The minimum atomic E-state index is -3.59. The number of aliphatic hydroxyl groups is 1. The van der Waals surface area contributed by atoms with Gasteiger partial charge in [0.1, 0.15) is 12.4 Å². The maximum absolute atomic E-state index is 11.9. The minimum Gasteiger partial charge on any atom is -0.446 e. The van der Waals surface area contributed by atoms with E-state index in [-0.39, 0.29) is 17.5 Å². The Bertz CT molecular complexity index is 492. The van der Waals surface area contributed by atoms with E-state index in [1.165, 1.54) is 25.0 Å². The van der Waals surface area contributed by atoms with Crippen molar-refractivity contribution in [2.45, 2.75) is 31.0 Å². The summed E-state index contributed by atoms with van der Waals surface area (Å²) in [4.78, 5) is 2.34. The van der Waals surface area contributed by atoms with Crippen LogP contribution in [0, 0.1) is 0 Å². The van der Waals surface area contributed by atoms with Crippen LogP contribution in [0.5, 0.6) is 0 Å². The monoisotopic (exact) mass is 288 g/mol. The lowest BCUT2D eigenvalue weighted by Gasteiger charge is -2.13. The van der Waals surface area contributed by atoms with E-state index in [9.17, 15) is 8.42 Å². The van der Waals surface area contributed by atoms with Crippen molar-refractivity contribution in [2.75, 3.05) is 26.2 Å². The van der Waals surface area contributed by atoms with Gasteiger partial charge in [0.05, 0.1) is 0 Å². The lowest BCUT2D eigenvalue weighted by Crippen LogP contribution is -2.28. The maximum Gasteiger partial charge on any atom is 0.273 e. The van der Waals surface area contributed by atoms with E-state index in [1.54, 1.807) is 0 Å². The molecular formula is C12H20N2O4S. The first-order valence-corrected chi connectivity index (χ1v) is 8.02. The first-order valence-electron chi connectivity index (χ1n) is 6.53. The van der Waals surface area contributed by atoms with Crippen LogP contribution in [0.4, 0.5) is 0 Å². The van der Waals surface area contributed by atoms with Crippen molar-refractivity contribution in [1.29, 1.82) is 0 Å². The number of nitrogens with one attached hydrogen (secondary N) is 1. The quantitative estimate of drug-likeness (QED) is 0.715. The van der Waals surface area contributed by atoms with E-state index >= 15 is 0 Å². The predicted molar refractivity (Wildman–Crippen MR) is 70.1 cm³/mol. The van der Waals surface area contributed by atoms with Crippen molar-refractivity contribution in [2.24, 2.45) is 0 Å². The highest BCUT2D eigenvalue weighted by Crippen LogP contribution is 2.13. The highest BCUT2D eigenvalue weighted by atomic mass is 32.2. The standard InChI is InChI=1S/C12H20N2O4S/c15-10-11-4-5-12(18-11)19(16,17)13-6-3-9-14-7-1-2-8-14/h4-5,13,15H,1-3,6-10H2. The van der Waals surface area contributed by atoms with Gasteiger partial charge in [0.25, 0.3) is 10.0 Å². The van der Waals surface area contributed by atoms with E-state index in [0.717, 1.165) is 26.1 Å². The molecule has 0 saturated carbocycles.